The van der Waals surface area contributed by atoms with Crippen molar-refractivity contribution in [2.24, 2.45) is 17.8 Å². The zero-order chi connectivity index (χ0) is 29.9. The number of rotatable bonds is 8. The Morgan fingerprint density at radius 1 is 1.17 bits per heavy atom. The number of fused-ring (bicyclic) bond motifs is 2. The molecule has 2 fully saturated rings. The van der Waals surface area contributed by atoms with Crippen molar-refractivity contribution in [3.63, 3.8) is 0 Å². The summed E-state index contributed by atoms with van der Waals surface area (Å²) in [6.45, 7) is 8.34. The lowest BCUT2D eigenvalue weighted by molar-refractivity contribution is -0.160. The van der Waals surface area contributed by atoms with Gasteiger partial charge in [-0.3, -0.25) is 19.2 Å². The summed E-state index contributed by atoms with van der Waals surface area (Å²) in [5.41, 5.74) is -1.37. The van der Waals surface area contributed by atoms with Gasteiger partial charge in [-0.25, -0.2) is 0 Å². The molecule has 3 amide bonds. The molecule has 4 heterocycles. The number of aliphatic hydroxyl groups is 1. The lowest BCUT2D eigenvalue weighted by Crippen LogP contribution is -2.59. The summed E-state index contributed by atoms with van der Waals surface area (Å²) in [6.07, 6.45) is 8.36. The molecule has 0 aromatic carbocycles. The van der Waals surface area contributed by atoms with Crippen molar-refractivity contribution in [2.45, 2.75) is 96.1 Å². The standard InChI is InChI=1S/C30H44BrN3O7/c1-5-7-10-13-33-14-11-8-9-12-22(36)32-16-19(4)40-29(39)23-24-27(37)34(21(17-35)18(3)6-2)26(28(33)38)30(24)15-20(31)25(23)41-30/h8,11,15,18-19,21,23-26,35H,5-7,9-10,12-14,16-17H2,1-4H3,(H,32,36)/b11-8-/t18-,19+,21-,23-,24+,25-,26-,30+/m0/s1. The maximum atomic E-state index is 14.6. The Morgan fingerprint density at radius 2 is 1.93 bits per heavy atom. The molecule has 5 bridgehead atoms. The third kappa shape index (κ3) is 5.99. The number of unbranched alkanes of at least 4 members (excludes halogenated alkanes) is 2. The fraction of sp³-hybridized carbons (Fsp3) is 0.733. The van der Waals surface area contributed by atoms with Crippen LogP contribution in [0.3, 0.4) is 0 Å². The highest BCUT2D eigenvalue weighted by Gasteiger charge is 2.75. The number of cyclic esters (lactones) is 1. The van der Waals surface area contributed by atoms with Crippen molar-refractivity contribution in [1.82, 2.24) is 15.1 Å². The number of aliphatic hydroxyl groups excluding tert-OH is 1. The highest BCUT2D eigenvalue weighted by atomic mass is 79.9. The summed E-state index contributed by atoms with van der Waals surface area (Å²) in [4.78, 5) is 58.2. The summed E-state index contributed by atoms with van der Waals surface area (Å²) >= 11 is 3.56. The molecule has 0 unspecified atom stereocenters. The first kappa shape index (κ1) is 31.7. The number of amides is 3. The quantitative estimate of drug-likeness (QED) is 0.238. The number of hydrogen-bond donors (Lipinski definition) is 2. The van der Waals surface area contributed by atoms with Gasteiger partial charge in [0.25, 0.3) is 0 Å². The van der Waals surface area contributed by atoms with Gasteiger partial charge in [-0.2, -0.15) is 0 Å². The van der Waals surface area contributed by atoms with Gasteiger partial charge in [-0.15, -0.1) is 0 Å². The van der Waals surface area contributed by atoms with Gasteiger partial charge >= 0.3 is 5.97 Å². The van der Waals surface area contributed by atoms with Crippen molar-refractivity contribution in [1.29, 1.82) is 0 Å². The van der Waals surface area contributed by atoms with E-state index in [4.69, 9.17) is 9.47 Å². The van der Waals surface area contributed by atoms with Crippen molar-refractivity contribution in [2.75, 3.05) is 26.2 Å². The van der Waals surface area contributed by atoms with Gasteiger partial charge in [-0.05, 0) is 31.8 Å². The third-order valence-electron chi connectivity index (χ3n) is 8.99. The van der Waals surface area contributed by atoms with Crippen LogP contribution in [0.4, 0.5) is 0 Å². The van der Waals surface area contributed by atoms with Gasteiger partial charge in [0.1, 0.15) is 29.8 Å². The van der Waals surface area contributed by atoms with Crippen molar-refractivity contribution in [3.8, 4) is 0 Å². The van der Waals surface area contributed by atoms with Crippen LogP contribution in [0.5, 0.6) is 0 Å². The Bertz CT molecular complexity index is 1080. The lowest BCUT2D eigenvalue weighted by atomic mass is 9.74. The molecule has 11 heteroatoms. The molecule has 0 saturated carbocycles. The van der Waals surface area contributed by atoms with E-state index in [2.05, 4.69) is 28.2 Å². The van der Waals surface area contributed by atoms with Crippen molar-refractivity contribution < 1.29 is 33.8 Å². The van der Waals surface area contributed by atoms with Gasteiger partial charge in [0.05, 0.1) is 25.1 Å². The van der Waals surface area contributed by atoms with Crippen molar-refractivity contribution >= 4 is 39.6 Å². The number of allylic oxidation sites excluding steroid dienone is 1. The average molecular weight is 639 g/mol. The first-order valence-electron chi connectivity index (χ1n) is 15.0. The highest BCUT2D eigenvalue weighted by Crippen LogP contribution is 2.59. The summed E-state index contributed by atoms with van der Waals surface area (Å²) in [5.74, 6) is -3.46. The monoisotopic (exact) mass is 637 g/mol. The van der Waals surface area contributed by atoms with E-state index in [1.54, 1.807) is 17.9 Å². The Morgan fingerprint density at radius 3 is 2.61 bits per heavy atom. The fourth-order valence-electron chi connectivity index (χ4n) is 6.59. The Balaban J connectivity index is 1.82. The van der Waals surface area contributed by atoms with Crippen LogP contribution >= 0.6 is 15.9 Å². The van der Waals surface area contributed by atoms with E-state index >= 15 is 0 Å². The van der Waals surface area contributed by atoms with E-state index in [9.17, 15) is 24.3 Å². The van der Waals surface area contributed by atoms with Crippen LogP contribution in [0.25, 0.3) is 0 Å². The number of carbonyl (C=O) groups is 4. The van der Waals surface area contributed by atoms with E-state index in [1.165, 1.54) is 4.90 Å². The Kier molecular flexibility index (Phi) is 10.3. The molecular weight excluding hydrogens is 594 g/mol. The number of carbonyl (C=O) groups excluding carboxylic acids is 4. The minimum atomic E-state index is -1.37. The molecular formula is C30H44BrN3O7. The van der Waals surface area contributed by atoms with Crippen LogP contribution in [0.15, 0.2) is 22.7 Å². The molecule has 8 atom stereocenters. The summed E-state index contributed by atoms with van der Waals surface area (Å²) in [5, 5.41) is 13.3. The lowest BCUT2D eigenvalue weighted by Gasteiger charge is -2.40. The number of nitrogens with zero attached hydrogens (tertiary/aromatic N) is 2. The molecule has 0 aromatic rings. The van der Waals surface area contributed by atoms with Gasteiger partial charge in [0, 0.05) is 24.0 Å². The largest absolute Gasteiger partial charge is 0.460 e. The first-order valence-corrected chi connectivity index (χ1v) is 15.8. The average Bonchev–Trinajstić information content (AvgIpc) is 3.53. The number of halogens is 1. The SMILES string of the molecule is CCCCCN1C/C=C\CCC(=O)NC[C@@H](C)OC(=O)[C@@H]2[C@H]3O[C@@]4(C=C3Br)[C@H](C1=O)N([C@@H](CO)[C@@H](C)CC)C(=O)[C@@H]24. The van der Waals surface area contributed by atoms with E-state index < -0.39 is 47.7 Å². The molecule has 4 aliphatic heterocycles. The first-order chi connectivity index (χ1) is 19.6. The number of likely N-dealkylation sites (tertiary alicyclic amines) is 1. The maximum Gasteiger partial charge on any atom is 0.313 e. The van der Waals surface area contributed by atoms with Crippen molar-refractivity contribution in [3.05, 3.63) is 22.7 Å². The molecule has 4 aliphatic rings. The van der Waals surface area contributed by atoms with E-state index in [1.807, 2.05) is 26.0 Å². The van der Waals surface area contributed by atoms with Crippen LogP contribution < -0.4 is 5.32 Å². The summed E-state index contributed by atoms with van der Waals surface area (Å²) in [7, 11) is 0. The molecule has 4 rings (SSSR count). The van der Waals surface area contributed by atoms with Crippen LogP contribution in [-0.2, 0) is 28.7 Å². The second kappa shape index (κ2) is 13.4. The predicted octanol–water partition coefficient (Wildman–Crippen LogP) is 2.68. The fourth-order valence-corrected chi connectivity index (χ4v) is 7.33. The Hall–Kier alpha value is -2.24. The van der Waals surface area contributed by atoms with Gasteiger partial charge in [0.2, 0.25) is 17.7 Å². The molecule has 2 N–H and O–H groups in total. The normalized spacial score (nSPS) is 34.7. The predicted molar refractivity (Wildman–Crippen MR) is 156 cm³/mol. The zero-order valence-electron chi connectivity index (χ0n) is 24.5. The summed E-state index contributed by atoms with van der Waals surface area (Å²) < 4.78 is 12.9. The number of hydrogen-bond acceptors (Lipinski definition) is 7. The van der Waals surface area contributed by atoms with Crippen LogP contribution in [-0.4, -0.2) is 94.7 Å². The van der Waals surface area contributed by atoms with Gasteiger partial charge in [-0.1, -0.05) is 68.1 Å². The molecule has 41 heavy (non-hydrogen) atoms. The van der Waals surface area contributed by atoms with E-state index in [-0.39, 0.29) is 43.2 Å². The molecule has 1 spiro atoms. The van der Waals surface area contributed by atoms with Crippen LogP contribution in [0.1, 0.15) is 66.2 Å². The molecule has 0 aliphatic carbocycles. The second-order valence-electron chi connectivity index (χ2n) is 11.8. The zero-order valence-corrected chi connectivity index (χ0v) is 26.1. The Labute approximate surface area is 251 Å². The number of nitrogens with one attached hydrogen (secondary N) is 1. The molecule has 228 valence electrons. The van der Waals surface area contributed by atoms with Gasteiger partial charge in [0.15, 0.2) is 0 Å². The van der Waals surface area contributed by atoms with E-state index in [0.29, 0.717) is 30.4 Å². The smallest absolute Gasteiger partial charge is 0.313 e. The van der Waals surface area contributed by atoms with E-state index in [0.717, 1.165) is 19.3 Å². The molecule has 0 radical (unpaired) electrons. The minimum absolute atomic E-state index is 0.0978. The molecule has 2 saturated heterocycles. The maximum absolute atomic E-state index is 14.6. The van der Waals surface area contributed by atoms with Crippen LogP contribution in [0.2, 0.25) is 0 Å². The third-order valence-corrected chi connectivity index (χ3v) is 9.67. The number of esters is 1. The molecule has 0 aromatic heterocycles. The van der Waals surface area contributed by atoms with Gasteiger partial charge < -0.3 is 29.7 Å². The summed E-state index contributed by atoms with van der Waals surface area (Å²) in [6, 6.07) is -1.67. The molecule has 10 nitrogen and oxygen atoms in total. The second-order valence-corrected chi connectivity index (χ2v) is 12.7. The minimum Gasteiger partial charge on any atom is -0.460 e. The number of ether oxygens (including phenoxy) is 2. The topological polar surface area (TPSA) is 125 Å². The van der Waals surface area contributed by atoms with Crippen LogP contribution in [0, 0.1) is 17.8 Å². The highest BCUT2D eigenvalue weighted by molar-refractivity contribution is 9.11.